The Kier molecular flexibility index (Phi) is 6.86. The quantitative estimate of drug-likeness (QED) is 0.431. The highest BCUT2D eigenvalue weighted by molar-refractivity contribution is 5.85. The second-order valence-electron chi connectivity index (χ2n) is 8.87. The second kappa shape index (κ2) is 10.0. The van der Waals surface area contributed by atoms with Gasteiger partial charge in [-0.3, -0.25) is 19.6 Å². The van der Waals surface area contributed by atoms with Gasteiger partial charge in [0.05, 0.1) is 17.3 Å². The first-order chi connectivity index (χ1) is 16.8. The van der Waals surface area contributed by atoms with Gasteiger partial charge >= 0.3 is 12.1 Å². The largest absolute Gasteiger partial charge is 0.481 e. The van der Waals surface area contributed by atoms with E-state index in [1.807, 2.05) is 24.3 Å². The number of anilines is 1. The Bertz CT molecular complexity index is 1210. The molecule has 0 aliphatic heterocycles. The number of carbonyl (C=O) groups excluding carboxylic acids is 2. The van der Waals surface area contributed by atoms with Gasteiger partial charge in [-0.25, -0.2) is 4.79 Å². The molecule has 2 amide bonds. The zero-order valence-electron chi connectivity index (χ0n) is 19.7. The molecule has 3 N–H and O–H groups in total. The van der Waals surface area contributed by atoms with Gasteiger partial charge in [-0.15, -0.1) is 0 Å². The molecule has 1 atom stereocenters. The maximum atomic E-state index is 12.4. The maximum absolute atomic E-state index is 12.4. The first kappa shape index (κ1) is 24.0. The first-order valence-corrected chi connectivity index (χ1v) is 11.5. The third kappa shape index (κ3) is 5.18. The van der Waals surface area contributed by atoms with Crippen LogP contribution >= 0.6 is 0 Å². The Balaban J connectivity index is 1.30. The van der Waals surface area contributed by atoms with E-state index in [1.165, 1.54) is 17.1 Å². The number of carbonyl (C=O) groups is 3. The SMILES string of the molecule is CCC(C)(CNC(=O)Cn1cc(NC(=O)OCC2c3ccccc3-c3ccccc32)cn1)C(=O)O. The fraction of sp³-hybridized carbons (Fsp3) is 0.308. The van der Waals surface area contributed by atoms with Crippen LogP contribution in [0.15, 0.2) is 60.9 Å². The second-order valence-corrected chi connectivity index (χ2v) is 8.87. The summed E-state index contributed by atoms with van der Waals surface area (Å²) in [4.78, 5) is 36.0. The van der Waals surface area contributed by atoms with Crippen LogP contribution in [0.25, 0.3) is 11.1 Å². The molecule has 0 fully saturated rings. The van der Waals surface area contributed by atoms with Crippen LogP contribution < -0.4 is 10.6 Å². The van der Waals surface area contributed by atoms with E-state index in [4.69, 9.17) is 4.74 Å². The molecule has 1 aromatic heterocycles. The van der Waals surface area contributed by atoms with Crippen molar-refractivity contribution < 1.29 is 24.2 Å². The van der Waals surface area contributed by atoms with Crippen LogP contribution in [-0.2, 0) is 20.9 Å². The van der Waals surface area contributed by atoms with Crippen molar-refractivity contribution in [1.29, 1.82) is 0 Å². The van der Waals surface area contributed by atoms with E-state index in [1.54, 1.807) is 13.8 Å². The number of carboxylic acid groups (broad SMARTS) is 1. The summed E-state index contributed by atoms with van der Waals surface area (Å²) in [7, 11) is 0. The topological polar surface area (TPSA) is 123 Å². The molecule has 1 unspecified atom stereocenters. The van der Waals surface area contributed by atoms with Gasteiger partial charge in [-0.05, 0) is 35.6 Å². The molecule has 1 heterocycles. The van der Waals surface area contributed by atoms with Crippen molar-refractivity contribution >= 4 is 23.7 Å². The lowest BCUT2D eigenvalue weighted by Crippen LogP contribution is -2.41. The minimum absolute atomic E-state index is 0.0177. The van der Waals surface area contributed by atoms with Crippen molar-refractivity contribution in [3.05, 3.63) is 72.1 Å². The third-order valence-electron chi connectivity index (χ3n) is 6.50. The molecule has 4 rings (SSSR count). The van der Waals surface area contributed by atoms with Crippen molar-refractivity contribution in [2.45, 2.75) is 32.7 Å². The Labute approximate surface area is 203 Å². The number of rotatable bonds is 9. The molecular weight excluding hydrogens is 448 g/mol. The van der Waals surface area contributed by atoms with E-state index < -0.39 is 17.5 Å². The van der Waals surface area contributed by atoms with E-state index >= 15 is 0 Å². The first-order valence-electron chi connectivity index (χ1n) is 11.5. The minimum atomic E-state index is -1.03. The number of carboxylic acids is 1. The van der Waals surface area contributed by atoms with E-state index in [-0.39, 0.29) is 31.5 Å². The number of fused-ring (bicyclic) bond motifs is 3. The molecule has 182 valence electrons. The molecule has 0 saturated heterocycles. The van der Waals surface area contributed by atoms with Gasteiger partial charge in [0.1, 0.15) is 13.2 Å². The van der Waals surface area contributed by atoms with Crippen LogP contribution in [0, 0.1) is 5.41 Å². The van der Waals surface area contributed by atoms with Gasteiger partial charge in [0.15, 0.2) is 0 Å². The highest BCUT2D eigenvalue weighted by atomic mass is 16.5. The number of benzene rings is 2. The number of nitrogens with zero attached hydrogens (tertiary/aromatic N) is 2. The number of hydrogen-bond acceptors (Lipinski definition) is 5. The predicted octanol–water partition coefficient (Wildman–Crippen LogP) is 3.86. The summed E-state index contributed by atoms with van der Waals surface area (Å²) in [5.74, 6) is -1.38. The molecule has 35 heavy (non-hydrogen) atoms. The lowest BCUT2D eigenvalue weighted by Gasteiger charge is -2.23. The number of aromatic nitrogens is 2. The highest BCUT2D eigenvalue weighted by Crippen LogP contribution is 2.44. The van der Waals surface area contributed by atoms with Gasteiger partial charge in [0, 0.05) is 18.7 Å². The van der Waals surface area contributed by atoms with Crippen molar-refractivity contribution in [2.24, 2.45) is 5.41 Å². The van der Waals surface area contributed by atoms with E-state index in [9.17, 15) is 19.5 Å². The molecule has 9 heteroatoms. The Morgan fingerprint density at radius 2 is 1.71 bits per heavy atom. The van der Waals surface area contributed by atoms with Crippen molar-refractivity contribution in [2.75, 3.05) is 18.5 Å². The van der Waals surface area contributed by atoms with Crippen LogP contribution in [0.3, 0.4) is 0 Å². The molecule has 0 radical (unpaired) electrons. The van der Waals surface area contributed by atoms with Crippen LogP contribution in [-0.4, -0.2) is 46.0 Å². The van der Waals surface area contributed by atoms with Gasteiger partial charge in [-0.1, -0.05) is 55.5 Å². The van der Waals surface area contributed by atoms with Crippen molar-refractivity contribution in [1.82, 2.24) is 15.1 Å². The normalized spacial score (nSPS) is 13.9. The fourth-order valence-corrected chi connectivity index (χ4v) is 4.12. The molecule has 0 bridgehead atoms. The smallest absolute Gasteiger partial charge is 0.411 e. The number of nitrogens with one attached hydrogen (secondary N) is 2. The summed E-state index contributed by atoms with van der Waals surface area (Å²) in [5.41, 5.74) is 3.92. The molecule has 0 saturated carbocycles. The molecule has 0 spiro atoms. The lowest BCUT2D eigenvalue weighted by molar-refractivity contribution is -0.148. The molecule has 3 aromatic rings. The van der Waals surface area contributed by atoms with E-state index in [0.29, 0.717) is 12.1 Å². The lowest BCUT2D eigenvalue weighted by atomic mass is 9.88. The number of amides is 2. The zero-order chi connectivity index (χ0) is 25.0. The highest BCUT2D eigenvalue weighted by Gasteiger charge is 2.31. The van der Waals surface area contributed by atoms with Gasteiger partial charge in [-0.2, -0.15) is 5.10 Å². The van der Waals surface area contributed by atoms with Crippen LogP contribution in [0.1, 0.15) is 37.3 Å². The average molecular weight is 477 g/mol. The summed E-state index contributed by atoms with van der Waals surface area (Å²) in [6.07, 6.45) is 2.70. The summed E-state index contributed by atoms with van der Waals surface area (Å²) < 4.78 is 6.88. The molecule has 9 nitrogen and oxygen atoms in total. The van der Waals surface area contributed by atoms with Crippen molar-refractivity contribution in [3.63, 3.8) is 0 Å². The van der Waals surface area contributed by atoms with Gasteiger partial charge in [0.2, 0.25) is 5.91 Å². The predicted molar refractivity (Wildman–Crippen MR) is 130 cm³/mol. The van der Waals surface area contributed by atoms with Crippen molar-refractivity contribution in [3.8, 4) is 11.1 Å². The van der Waals surface area contributed by atoms with E-state index in [2.05, 4.69) is 40.0 Å². The molecular formula is C26H28N4O5. The molecule has 1 aliphatic rings. The number of ether oxygens (including phenoxy) is 1. The third-order valence-corrected chi connectivity index (χ3v) is 6.50. The standard InChI is InChI=1S/C26H28N4O5/c1-3-26(2,24(32)33)16-27-23(31)14-30-13-17(12-28-30)29-25(34)35-15-22-20-10-6-4-8-18(20)19-9-5-7-11-21(19)22/h4-13,22H,3,14-16H2,1-2H3,(H,27,31)(H,29,34)(H,32,33). The summed E-state index contributed by atoms with van der Waals surface area (Å²) in [6, 6.07) is 16.2. The summed E-state index contributed by atoms with van der Waals surface area (Å²) in [5, 5.41) is 18.6. The van der Waals surface area contributed by atoms with E-state index in [0.717, 1.165) is 22.3 Å². The Morgan fingerprint density at radius 3 is 2.31 bits per heavy atom. The van der Waals surface area contributed by atoms with Gasteiger partial charge in [0.25, 0.3) is 0 Å². The molecule has 2 aromatic carbocycles. The van der Waals surface area contributed by atoms with Gasteiger partial charge < -0.3 is 15.2 Å². The van der Waals surface area contributed by atoms with Crippen LogP contribution in [0.5, 0.6) is 0 Å². The molecule has 1 aliphatic carbocycles. The van der Waals surface area contributed by atoms with Crippen LogP contribution in [0.2, 0.25) is 0 Å². The Morgan fingerprint density at radius 1 is 1.09 bits per heavy atom. The van der Waals surface area contributed by atoms with Crippen LogP contribution in [0.4, 0.5) is 10.5 Å². The zero-order valence-corrected chi connectivity index (χ0v) is 19.7. The minimum Gasteiger partial charge on any atom is -0.481 e. The average Bonchev–Trinajstić information content (AvgIpc) is 3.42. The number of aliphatic carboxylic acids is 1. The number of hydrogen-bond donors (Lipinski definition) is 3. The Hall–Kier alpha value is -4.14. The maximum Gasteiger partial charge on any atom is 0.411 e. The summed E-state index contributed by atoms with van der Waals surface area (Å²) >= 11 is 0. The fourth-order valence-electron chi connectivity index (χ4n) is 4.12. The monoisotopic (exact) mass is 476 g/mol. The summed E-state index contributed by atoms with van der Waals surface area (Å²) in [6.45, 7) is 3.45.